The summed E-state index contributed by atoms with van der Waals surface area (Å²) in [6, 6.07) is 5.34. The van der Waals surface area contributed by atoms with Gasteiger partial charge in [0.25, 0.3) is 0 Å². The van der Waals surface area contributed by atoms with Gasteiger partial charge in [-0.05, 0) is 38.5 Å². The Hall–Kier alpha value is -1.26. The molecular weight excluding hydrogens is 216 g/mol. The van der Waals surface area contributed by atoms with E-state index in [2.05, 4.69) is 26.1 Å². The van der Waals surface area contributed by atoms with Gasteiger partial charge in [-0.25, -0.2) is 0 Å². The molecule has 0 fully saturated rings. The van der Waals surface area contributed by atoms with Crippen LogP contribution in [-0.4, -0.2) is 24.3 Å². The van der Waals surface area contributed by atoms with Crippen molar-refractivity contribution < 1.29 is 9.84 Å². The molecule has 0 saturated carbocycles. The molecule has 0 aliphatic heterocycles. The lowest BCUT2D eigenvalue weighted by molar-refractivity contribution is 0.163. The van der Waals surface area contributed by atoms with Crippen LogP contribution in [0.5, 0.6) is 5.75 Å². The summed E-state index contributed by atoms with van der Waals surface area (Å²) in [5.74, 6) is 0.629. The minimum atomic E-state index is -0.567. The van der Waals surface area contributed by atoms with Crippen LogP contribution in [0.4, 0.5) is 5.69 Å². The number of nitrogens with two attached hydrogens (primary N) is 1. The third-order valence-electron chi connectivity index (χ3n) is 2.46. The first-order valence-electron chi connectivity index (χ1n) is 5.70. The van der Waals surface area contributed by atoms with Gasteiger partial charge in [-0.3, -0.25) is 0 Å². The minimum absolute atomic E-state index is 0.0149. The maximum absolute atomic E-state index is 10.0. The van der Waals surface area contributed by atoms with Gasteiger partial charge in [-0.15, -0.1) is 0 Å². The zero-order valence-electron chi connectivity index (χ0n) is 10.9. The van der Waals surface area contributed by atoms with Crippen molar-refractivity contribution in [3.63, 3.8) is 0 Å². The molecule has 4 heteroatoms. The molecular formula is C13H22N2O2. The zero-order chi connectivity index (χ0) is 13.1. The molecule has 0 heterocycles. The van der Waals surface area contributed by atoms with E-state index in [1.807, 2.05) is 6.07 Å². The van der Waals surface area contributed by atoms with Crippen LogP contribution < -0.4 is 15.8 Å². The van der Waals surface area contributed by atoms with Gasteiger partial charge < -0.3 is 20.9 Å². The van der Waals surface area contributed by atoms with E-state index in [-0.39, 0.29) is 5.54 Å². The normalized spacial score (nSPS) is 13.5. The molecule has 0 bridgehead atoms. The van der Waals surface area contributed by atoms with E-state index in [0.717, 1.165) is 5.56 Å². The molecule has 1 aromatic carbocycles. The Labute approximate surface area is 103 Å². The molecule has 0 aliphatic carbocycles. The standard InChI is InChI=1S/C13H22N2O2/c1-13(2,3)15-8-11(16)9-5-6-12(17-4)10(14)7-9/h5-7,11,15-16H,8,14H2,1-4H3. The lowest BCUT2D eigenvalue weighted by Gasteiger charge is -2.23. The molecule has 4 nitrogen and oxygen atoms in total. The van der Waals surface area contributed by atoms with Crippen molar-refractivity contribution in [2.24, 2.45) is 0 Å². The van der Waals surface area contributed by atoms with Gasteiger partial charge in [-0.2, -0.15) is 0 Å². The molecule has 0 aromatic heterocycles. The Kier molecular flexibility index (Phi) is 4.37. The molecule has 17 heavy (non-hydrogen) atoms. The van der Waals surface area contributed by atoms with Crippen LogP contribution in [0.3, 0.4) is 0 Å². The summed E-state index contributed by atoms with van der Waals surface area (Å²) in [6.45, 7) is 6.67. The van der Waals surface area contributed by atoms with Crippen LogP contribution in [0, 0.1) is 0 Å². The van der Waals surface area contributed by atoms with E-state index >= 15 is 0 Å². The van der Waals surface area contributed by atoms with E-state index in [0.29, 0.717) is 18.0 Å². The van der Waals surface area contributed by atoms with Gasteiger partial charge >= 0.3 is 0 Å². The number of aliphatic hydroxyl groups is 1. The summed E-state index contributed by atoms with van der Waals surface area (Å²) < 4.78 is 5.07. The highest BCUT2D eigenvalue weighted by Gasteiger charge is 2.14. The number of nitrogens with one attached hydrogen (secondary N) is 1. The van der Waals surface area contributed by atoms with Gasteiger partial charge in [0, 0.05) is 12.1 Å². The van der Waals surface area contributed by atoms with E-state index in [4.69, 9.17) is 10.5 Å². The first kappa shape index (κ1) is 13.8. The summed E-state index contributed by atoms with van der Waals surface area (Å²) in [4.78, 5) is 0. The Morgan fingerprint density at radius 1 is 1.41 bits per heavy atom. The van der Waals surface area contributed by atoms with Gasteiger partial charge in [-0.1, -0.05) is 6.07 Å². The second kappa shape index (κ2) is 5.38. The van der Waals surface area contributed by atoms with E-state index in [9.17, 15) is 5.11 Å². The molecule has 1 aromatic rings. The lowest BCUT2D eigenvalue weighted by Crippen LogP contribution is -2.38. The number of anilines is 1. The summed E-state index contributed by atoms with van der Waals surface area (Å²) in [7, 11) is 1.57. The average molecular weight is 238 g/mol. The van der Waals surface area contributed by atoms with Crippen LogP contribution in [0.1, 0.15) is 32.4 Å². The summed E-state index contributed by atoms with van der Waals surface area (Å²) in [5, 5.41) is 13.3. The number of methoxy groups -OCH3 is 1. The summed E-state index contributed by atoms with van der Waals surface area (Å²) in [6.07, 6.45) is -0.567. The summed E-state index contributed by atoms with van der Waals surface area (Å²) >= 11 is 0. The number of ether oxygens (including phenoxy) is 1. The van der Waals surface area contributed by atoms with Crippen molar-refractivity contribution in [3.05, 3.63) is 23.8 Å². The minimum Gasteiger partial charge on any atom is -0.495 e. The highest BCUT2D eigenvalue weighted by Crippen LogP contribution is 2.25. The van der Waals surface area contributed by atoms with E-state index < -0.39 is 6.10 Å². The van der Waals surface area contributed by atoms with Crippen LogP contribution in [0.2, 0.25) is 0 Å². The van der Waals surface area contributed by atoms with Crippen LogP contribution in [0.15, 0.2) is 18.2 Å². The number of nitrogen functional groups attached to an aromatic ring is 1. The maximum Gasteiger partial charge on any atom is 0.141 e. The lowest BCUT2D eigenvalue weighted by atomic mass is 10.1. The van der Waals surface area contributed by atoms with Gasteiger partial charge in [0.15, 0.2) is 0 Å². The first-order valence-corrected chi connectivity index (χ1v) is 5.70. The average Bonchev–Trinajstić information content (AvgIpc) is 2.24. The Morgan fingerprint density at radius 3 is 2.53 bits per heavy atom. The number of β-amino-alcohol motifs (C(OH)–C–C–N with tert-alkyl or cyclic N) is 1. The molecule has 1 unspecified atom stereocenters. The van der Waals surface area contributed by atoms with Crippen molar-refractivity contribution >= 4 is 5.69 Å². The zero-order valence-corrected chi connectivity index (χ0v) is 10.9. The number of benzene rings is 1. The second-order valence-electron chi connectivity index (χ2n) is 5.15. The van der Waals surface area contributed by atoms with Gasteiger partial charge in [0.2, 0.25) is 0 Å². The fourth-order valence-electron chi connectivity index (χ4n) is 1.48. The maximum atomic E-state index is 10.0. The topological polar surface area (TPSA) is 67.5 Å². The molecule has 0 radical (unpaired) electrons. The number of hydrogen-bond acceptors (Lipinski definition) is 4. The van der Waals surface area contributed by atoms with E-state index in [1.165, 1.54) is 0 Å². The number of aliphatic hydroxyl groups excluding tert-OH is 1. The number of rotatable bonds is 4. The third-order valence-corrected chi connectivity index (χ3v) is 2.46. The molecule has 0 amide bonds. The molecule has 1 atom stereocenters. The van der Waals surface area contributed by atoms with Crippen molar-refractivity contribution in [2.75, 3.05) is 19.4 Å². The highest BCUT2D eigenvalue weighted by atomic mass is 16.5. The first-order chi connectivity index (χ1) is 7.83. The Bertz CT molecular complexity index is 372. The predicted octanol–water partition coefficient (Wildman–Crippen LogP) is 1.70. The van der Waals surface area contributed by atoms with Gasteiger partial charge in [0.05, 0.1) is 18.9 Å². The largest absolute Gasteiger partial charge is 0.495 e. The van der Waals surface area contributed by atoms with Gasteiger partial charge in [0.1, 0.15) is 5.75 Å². The van der Waals surface area contributed by atoms with E-state index in [1.54, 1.807) is 19.2 Å². The molecule has 96 valence electrons. The van der Waals surface area contributed by atoms with Crippen molar-refractivity contribution in [1.29, 1.82) is 0 Å². The van der Waals surface area contributed by atoms with Crippen LogP contribution in [0.25, 0.3) is 0 Å². The van der Waals surface area contributed by atoms with Crippen molar-refractivity contribution in [2.45, 2.75) is 32.4 Å². The van der Waals surface area contributed by atoms with Crippen LogP contribution in [-0.2, 0) is 0 Å². The third kappa shape index (κ3) is 4.24. The SMILES string of the molecule is COc1ccc(C(O)CNC(C)(C)C)cc1N. The second-order valence-corrected chi connectivity index (χ2v) is 5.15. The van der Waals surface area contributed by atoms with Crippen molar-refractivity contribution in [1.82, 2.24) is 5.32 Å². The quantitative estimate of drug-likeness (QED) is 0.698. The fraction of sp³-hybridized carbons (Fsp3) is 0.538. The molecule has 0 aliphatic rings. The predicted molar refractivity (Wildman–Crippen MR) is 70.1 cm³/mol. The molecule has 1 rings (SSSR count). The monoisotopic (exact) mass is 238 g/mol. The van der Waals surface area contributed by atoms with Crippen molar-refractivity contribution in [3.8, 4) is 5.75 Å². The molecule has 4 N–H and O–H groups in total. The molecule has 0 spiro atoms. The molecule has 0 saturated heterocycles. The van der Waals surface area contributed by atoms with Crippen LogP contribution >= 0.6 is 0 Å². The summed E-state index contributed by atoms with van der Waals surface area (Å²) in [5.41, 5.74) is 7.11. The Morgan fingerprint density at radius 2 is 2.06 bits per heavy atom. The highest BCUT2D eigenvalue weighted by molar-refractivity contribution is 5.54. The Balaban J connectivity index is 2.69. The smallest absolute Gasteiger partial charge is 0.141 e. The number of hydrogen-bond donors (Lipinski definition) is 3. The fourth-order valence-corrected chi connectivity index (χ4v) is 1.48.